The number of likely N-dealkylation sites (tertiary alicyclic amines) is 1. The van der Waals surface area contributed by atoms with Crippen molar-refractivity contribution in [2.45, 2.75) is 58.7 Å². The largest absolute Gasteiger partial charge is 0.496 e. The number of fused-ring (bicyclic) bond motifs is 1. The van der Waals surface area contributed by atoms with Crippen LogP contribution in [0.4, 0.5) is 10.5 Å². The molecule has 11 nitrogen and oxygen atoms in total. The molecule has 5 rings (SSSR count). The van der Waals surface area contributed by atoms with Crippen molar-refractivity contribution in [3.05, 3.63) is 58.8 Å². The first-order valence-corrected chi connectivity index (χ1v) is 16.9. The first-order valence-electron chi connectivity index (χ1n) is 15.1. The number of nitrogens with zero attached hydrogens (tertiary/aromatic N) is 3. The third kappa shape index (κ3) is 6.41. The Morgan fingerprint density at radius 3 is 2.42 bits per heavy atom. The summed E-state index contributed by atoms with van der Waals surface area (Å²) in [6.07, 6.45) is 4.13. The zero-order valence-electron chi connectivity index (χ0n) is 27.4. The molecule has 244 valence electrons. The highest BCUT2D eigenvalue weighted by atomic mass is 32.2. The fourth-order valence-electron chi connectivity index (χ4n) is 6.78. The summed E-state index contributed by atoms with van der Waals surface area (Å²) < 4.78 is 44.2. The molecule has 0 bridgehead atoms. The van der Waals surface area contributed by atoms with Crippen molar-refractivity contribution in [2.75, 3.05) is 52.5 Å². The number of anilines is 1. The van der Waals surface area contributed by atoms with Gasteiger partial charge in [-0.15, -0.1) is 0 Å². The molecule has 0 amide bonds. The fourth-order valence-corrected chi connectivity index (χ4v) is 7.80. The number of aryl methyl sites for hydroxylation is 1. The van der Waals surface area contributed by atoms with Gasteiger partial charge in [0.15, 0.2) is 0 Å². The summed E-state index contributed by atoms with van der Waals surface area (Å²) in [6, 6.07) is 9.34. The highest BCUT2D eigenvalue weighted by Gasteiger charge is 2.51. The van der Waals surface area contributed by atoms with Gasteiger partial charge in [0.1, 0.15) is 11.4 Å². The molecule has 45 heavy (non-hydrogen) atoms. The third-order valence-corrected chi connectivity index (χ3v) is 10.2. The number of aromatic nitrogens is 1. The van der Waals surface area contributed by atoms with Gasteiger partial charge >= 0.3 is 12.1 Å². The monoisotopic (exact) mass is 640 g/mol. The van der Waals surface area contributed by atoms with Crippen molar-refractivity contribution in [2.24, 2.45) is 5.41 Å². The van der Waals surface area contributed by atoms with Gasteiger partial charge in [-0.3, -0.25) is 9.47 Å². The Morgan fingerprint density at radius 1 is 1.11 bits per heavy atom. The highest BCUT2D eigenvalue weighted by molar-refractivity contribution is 7.88. The SMILES string of the molecule is CNc1cc(C(=O)OC)ccc1C1CC2(CCN1Cc1c(OC)cc(C)c3c1ccn3C(=O)OC(C)(C)C)CN(S(C)(=O)=O)C2. The van der Waals surface area contributed by atoms with E-state index in [1.54, 1.807) is 34.3 Å². The summed E-state index contributed by atoms with van der Waals surface area (Å²) in [5.41, 5.74) is 4.08. The summed E-state index contributed by atoms with van der Waals surface area (Å²) in [5.74, 6) is 0.307. The van der Waals surface area contributed by atoms with Gasteiger partial charge in [-0.2, -0.15) is 0 Å². The van der Waals surface area contributed by atoms with Crippen LogP contribution >= 0.6 is 0 Å². The van der Waals surface area contributed by atoms with Crippen molar-refractivity contribution in [3.8, 4) is 5.75 Å². The number of ether oxygens (including phenoxy) is 3. The second-order valence-electron chi connectivity index (χ2n) is 13.3. The van der Waals surface area contributed by atoms with Crippen molar-refractivity contribution < 1.29 is 32.2 Å². The molecule has 2 saturated heterocycles. The van der Waals surface area contributed by atoms with Crippen molar-refractivity contribution in [1.29, 1.82) is 0 Å². The lowest BCUT2D eigenvalue weighted by Gasteiger charge is -2.55. The van der Waals surface area contributed by atoms with Crippen LogP contribution in [-0.2, 0) is 26.0 Å². The average Bonchev–Trinajstić information content (AvgIpc) is 3.41. The van der Waals surface area contributed by atoms with E-state index in [9.17, 15) is 18.0 Å². The molecule has 1 N–H and O–H groups in total. The number of nitrogens with one attached hydrogen (secondary N) is 1. The number of hydrogen-bond acceptors (Lipinski definition) is 9. The van der Waals surface area contributed by atoms with Crippen LogP contribution < -0.4 is 10.1 Å². The van der Waals surface area contributed by atoms with E-state index in [0.717, 1.165) is 58.4 Å². The van der Waals surface area contributed by atoms with E-state index >= 15 is 0 Å². The molecule has 0 saturated carbocycles. The number of piperidine rings is 1. The number of rotatable bonds is 7. The number of carbonyl (C=O) groups excluding carboxylic acids is 2. The molecular formula is C33H44N4O7S. The molecule has 2 fully saturated rings. The predicted molar refractivity (Wildman–Crippen MR) is 173 cm³/mol. The van der Waals surface area contributed by atoms with Gasteiger partial charge in [0.05, 0.1) is 31.6 Å². The molecule has 1 aromatic heterocycles. The summed E-state index contributed by atoms with van der Waals surface area (Å²) >= 11 is 0. The average molecular weight is 641 g/mol. The molecule has 3 heterocycles. The molecule has 12 heteroatoms. The first-order chi connectivity index (χ1) is 21.1. The Labute approximate surface area is 265 Å². The molecule has 3 aromatic rings. The number of esters is 1. The normalized spacial score (nSPS) is 18.9. The van der Waals surface area contributed by atoms with Crippen LogP contribution in [0, 0.1) is 12.3 Å². The second kappa shape index (κ2) is 12.0. The van der Waals surface area contributed by atoms with Gasteiger partial charge in [0, 0.05) is 61.0 Å². The van der Waals surface area contributed by atoms with Gasteiger partial charge in [-0.05, 0) is 82.5 Å². The molecule has 0 aliphatic carbocycles. The Balaban J connectivity index is 1.57. The lowest BCUT2D eigenvalue weighted by atomic mass is 9.69. The van der Waals surface area contributed by atoms with Crippen LogP contribution in [0.2, 0.25) is 0 Å². The van der Waals surface area contributed by atoms with Crippen LogP contribution in [0.3, 0.4) is 0 Å². The minimum absolute atomic E-state index is 0.0939. The van der Waals surface area contributed by atoms with E-state index in [-0.39, 0.29) is 11.5 Å². The summed E-state index contributed by atoms with van der Waals surface area (Å²) in [5, 5.41) is 4.17. The smallest absolute Gasteiger partial charge is 0.419 e. The molecule has 2 aromatic carbocycles. The number of carbonyl (C=O) groups is 2. The van der Waals surface area contributed by atoms with E-state index in [1.165, 1.54) is 13.4 Å². The second-order valence-corrected chi connectivity index (χ2v) is 15.3. The van der Waals surface area contributed by atoms with Gasteiger partial charge in [-0.25, -0.2) is 22.3 Å². The van der Waals surface area contributed by atoms with Crippen LogP contribution in [0.1, 0.15) is 66.7 Å². The summed E-state index contributed by atoms with van der Waals surface area (Å²) in [6.45, 7) is 9.70. The Hall–Kier alpha value is -3.61. The quantitative estimate of drug-likeness (QED) is 0.349. The predicted octanol–water partition coefficient (Wildman–Crippen LogP) is 5.17. The van der Waals surface area contributed by atoms with E-state index in [2.05, 4.69) is 10.2 Å². The van der Waals surface area contributed by atoms with Gasteiger partial charge < -0.3 is 19.5 Å². The Kier molecular flexibility index (Phi) is 8.71. The van der Waals surface area contributed by atoms with Crippen LogP contribution in [0.25, 0.3) is 10.9 Å². The third-order valence-electron chi connectivity index (χ3n) is 8.99. The number of benzene rings is 2. The fraction of sp³-hybridized carbons (Fsp3) is 0.515. The minimum Gasteiger partial charge on any atom is -0.496 e. The number of methoxy groups -OCH3 is 2. The van der Waals surface area contributed by atoms with Gasteiger partial charge in [0.2, 0.25) is 10.0 Å². The topological polar surface area (TPSA) is 119 Å². The molecule has 1 unspecified atom stereocenters. The first kappa shape index (κ1) is 32.8. The van der Waals surface area contributed by atoms with Gasteiger partial charge in [0.25, 0.3) is 0 Å². The summed E-state index contributed by atoms with van der Waals surface area (Å²) in [4.78, 5) is 27.9. The summed E-state index contributed by atoms with van der Waals surface area (Å²) in [7, 11) is 1.56. The standard InChI is InChI=1S/C33H44N4O7S/c1-21-15-28(42-6)25(23-11-13-37(29(21)23)31(39)44-32(2,3)4)18-35-14-12-33(19-36(20-33)45(8,40)41)17-27(35)24-10-9-22(30(38)43-7)16-26(24)34-5/h9-11,13,15-16,27,34H,12,14,17-20H2,1-8H3. The Morgan fingerprint density at radius 2 is 1.82 bits per heavy atom. The van der Waals surface area contributed by atoms with Crippen LogP contribution in [-0.4, -0.2) is 87.0 Å². The highest BCUT2D eigenvalue weighted by Crippen LogP contribution is 2.50. The maximum absolute atomic E-state index is 13.2. The lowest BCUT2D eigenvalue weighted by Crippen LogP contribution is -2.61. The molecule has 1 atom stereocenters. The van der Waals surface area contributed by atoms with E-state index in [1.807, 2.05) is 52.9 Å². The zero-order valence-corrected chi connectivity index (χ0v) is 28.2. The van der Waals surface area contributed by atoms with Crippen LogP contribution in [0.5, 0.6) is 5.75 Å². The molecule has 2 aliphatic rings. The van der Waals surface area contributed by atoms with E-state index < -0.39 is 27.7 Å². The molecule has 2 aliphatic heterocycles. The van der Waals surface area contributed by atoms with Gasteiger partial charge in [-0.1, -0.05) is 6.07 Å². The van der Waals surface area contributed by atoms with Crippen molar-refractivity contribution in [3.63, 3.8) is 0 Å². The minimum atomic E-state index is -3.27. The van der Waals surface area contributed by atoms with E-state index in [0.29, 0.717) is 25.2 Å². The van der Waals surface area contributed by atoms with Crippen molar-refractivity contribution in [1.82, 2.24) is 13.8 Å². The maximum atomic E-state index is 13.2. The zero-order chi connectivity index (χ0) is 32.9. The Bertz CT molecular complexity index is 1740. The molecule has 0 radical (unpaired) electrons. The number of hydrogen-bond donors (Lipinski definition) is 1. The number of sulfonamides is 1. The maximum Gasteiger partial charge on any atom is 0.419 e. The van der Waals surface area contributed by atoms with Crippen molar-refractivity contribution >= 4 is 38.7 Å². The molecule has 1 spiro atoms. The molecular weight excluding hydrogens is 596 g/mol. The lowest BCUT2D eigenvalue weighted by molar-refractivity contribution is -0.0326. The van der Waals surface area contributed by atoms with E-state index in [4.69, 9.17) is 14.2 Å². The van der Waals surface area contributed by atoms with Crippen LogP contribution in [0.15, 0.2) is 36.5 Å².